The topological polar surface area (TPSA) is 173 Å². The smallest absolute Gasteiger partial charge is 0.349 e. The van der Waals surface area contributed by atoms with Gasteiger partial charge in [-0.2, -0.15) is 0 Å². The summed E-state index contributed by atoms with van der Waals surface area (Å²) in [4.78, 5) is 75.7. The van der Waals surface area contributed by atoms with E-state index in [9.17, 15) is 33.2 Å². The Kier molecular flexibility index (Phi) is 14.7. The van der Waals surface area contributed by atoms with Gasteiger partial charge in [0.25, 0.3) is 5.91 Å². The highest BCUT2D eigenvalue weighted by Gasteiger charge is 2.59. The van der Waals surface area contributed by atoms with Gasteiger partial charge in [0, 0.05) is 32.1 Å². The monoisotopic (exact) mass is 766 g/mol. The van der Waals surface area contributed by atoms with Gasteiger partial charge >= 0.3 is 23.9 Å². The third-order valence-electron chi connectivity index (χ3n) is 8.35. The van der Waals surface area contributed by atoms with E-state index in [2.05, 4.69) is 10.6 Å². The molecule has 1 heterocycles. The maximum Gasteiger partial charge on any atom is 0.349 e. The van der Waals surface area contributed by atoms with Crippen molar-refractivity contribution in [1.29, 1.82) is 0 Å². The van der Waals surface area contributed by atoms with Gasteiger partial charge in [-0.05, 0) is 35.7 Å². The van der Waals surface area contributed by atoms with Gasteiger partial charge in [-0.15, -0.1) is 0 Å². The van der Waals surface area contributed by atoms with E-state index in [-0.39, 0.29) is 6.42 Å². The van der Waals surface area contributed by atoms with Gasteiger partial charge in [0.1, 0.15) is 12.2 Å². The minimum absolute atomic E-state index is 0.0671. The number of methoxy groups -OCH3 is 1. The second-order valence-corrected chi connectivity index (χ2v) is 13.9. The highest BCUT2D eigenvalue weighted by Crippen LogP contribution is 2.46. The Morgan fingerprint density at radius 3 is 2.06 bits per heavy atom. The standard InChI is InChI=1S/C39H43FN2O11S/c1-23-11-17-30(18-12-23)54-39(38(48)49-5)20-31(50-24(2)43)35(42-34(47)21-40)37(53-39)36(52-26(4)45)32(51-25(3)44)22-41-33(46)19-27-13-15-29(16-14-27)28-9-7-6-8-10-28/h6-18,31-32,35-37H,19-22H2,1-5H3,(H,41,46)(H,42,47)/t31-,32+,35+,36+,37+,39+/m0/s1. The number of benzene rings is 3. The third-order valence-corrected chi connectivity index (χ3v) is 9.62. The average Bonchev–Trinajstić information content (AvgIpc) is 3.14. The highest BCUT2D eigenvalue weighted by atomic mass is 32.2. The molecule has 1 aliphatic rings. The van der Waals surface area contributed by atoms with E-state index < -0.39 is 90.7 Å². The lowest BCUT2D eigenvalue weighted by Crippen LogP contribution is -2.68. The first-order valence-corrected chi connectivity index (χ1v) is 17.8. The molecule has 288 valence electrons. The molecule has 0 bridgehead atoms. The summed E-state index contributed by atoms with van der Waals surface area (Å²) in [5.74, 6) is -5.10. The first-order chi connectivity index (χ1) is 25.7. The van der Waals surface area contributed by atoms with E-state index in [1.165, 1.54) is 0 Å². The van der Waals surface area contributed by atoms with Crippen molar-refractivity contribution in [3.8, 4) is 11.1 Å². The van der Waals surface area contributed by atoms with Crippen LogP contribution in [0.2, 0.25) is 0 Å². The number of halogens is 1. The molecule has 0 spiro atoms. The molecule has 1 aliphatic heterocycles. The van der Waals surface area contributed by atoms with Crippen molar-refractivity contribution in [1.82, 2.24) is 10.6 Å². The number of carbonyl (C=O) groups is 6. The maximum absolute atomic E-state index is 13.7. The van der Waals surface area contributed by atoms with Crippen molar-refractivity contribution in [2.45, 2.75) is 80.8 Å². The molecular weight excluding hydrogens is 723 g/mol. The molecule has 0 unspecified atom stereocenters. The highest BCUT2D eigenvalue weighted by molar-refractivity contribution is 8.01. The summed E-state index contributed by atoms with van der Waals surface area (Å²) in [7, 11) is 1.12. The molecule has 54 heavy (non-hydrogen) atoms. The van der Waals surface area contributed by atoms with Crippen molar-refractivity contribution in [3.63, 3.8) is 0 Å². The van der Waals surface area contributed by atoms with Crippen LogP contribution >= 0.6 is 11.8 Å². The second kappa shape index (κ2) is 19.2. The molecule has 1 saturated heterocycles. The number of ether oxygens (including phenoxy) is 5. The number of rotatable bonds is 15. The van der Waals surface area contributed by atoms with Crippen LogP contribution in [0.15, 0.2) is 83.8 Å². The average molecular weight is 767 g/mol. The normalized spacial score (nSPS) is 20.4. The van der Waals surface area contributed by atoms with Crippen molar-refractivity contribution in [2.75, 3.05) is 20.3 Å². The van der Waals surface area contributed by atoms with Crippen LogP contribution in [0.4, 0.5) is 4.39 Å². The summed E-state index contributed by atoms with van der Waals surface area (Å²) in [5.41, 5.74) is 3.56. The molecule has 15 heteroatoms. The largest absolute Gasteiger partial charge is 0.466 e. The van der Waals surface area contributed by atoms with E-state index in [4.69, 9.17) is 23.7 Å². The molecular formula is C39H43FN2O11S. The van der Waals surface area contributed by atoms with Crippen LogP contribution in [-0.4, -0.2) is 91.4 Å². The van der Waals surface area contributed by atoms with E-state index in [1.54, 1.807) is 36.4 Å². The molecule has 3 aromatic rings. The number of hydrogen-bond acceptors (Lipinski definition) is 12. The van der Waals surface area contributed by atoms with Crippen LogP contribution in [0.25, 0.3) is 11.1 Å². The zero-order valence-electron chi connectivity index (χ0n) is 30.5. The van der Waals surface area contributed by atoms with Gasteiger partial charge in [0.05, 0.1) is 26.1 Å². The number of aryl methyl sites for hydroxylation is 1. The first kappa shape index (κ1) is 41.5. The Bertz CT molecular complexity index is 1790. The SMILES string of the molecule is COC(=O)[C@]1(Sc2ccc(C)cc2)C[C@H](OC(C)=O)[C@@H](NC(=O)CF)[C@H]([C@H](OC(C)=O)[C@@H](CNC(=O)Cc2ccc(-c3ccccc3)cc2)OC(C)=O)O1. The zero-order valence-corrected chi connectivity index (χ0v) is 31.3. The van der Waals surface area contributed by atoms with Crippen molar-refractivity contribution in [2.24, 2.45) is 0 Å². The number of carbonyl (C=O) groups excluding carboxylic acids is 6. The molecule has 1 fully saturated rings. The lowest BCUT2D eigenvalue weighted by Gasteiger charge is -2.48. The Labute approximate surface area is 316 Å². The molecule has 6 atom stereocenters. The van der Waals surface area contributed by atoms with Gasteiger partial charge < -0.3 is 34.3 Å². The number of alkyl halides is 1. The molecule has 0 radical (unpaired) electrons. The molecule has 0 aromatic heterocycles. The predicted molar refractivity (Wildman–Crippen MR) is 194 cm³/mol. The van der Waals surface area contributed by atoms with Gasteiger partial charge in [-0.1, -0.05) is 84.1 Å². The molecule has 2 amide bonds. The van der Waals surface area contributed by atoms with Crippen LogP contribution in [-0.2, 0) is 58.9 Å². The van der Waals surface area contributed by atoms with Crippen molar-refractivity contribution >= 4 is 47.5 Å². The molecule has 0 saturated carbocycles. The Hall–Kier alpha value is -5.28. The number of hydrogen-bond donors (Lipinski definition) is 2. The lowest BCUT2D eigenvalue weighted by atomic mass is 9.89. The summed E-state index contributed by atoms with van der Waals surface area (Å²) in [6, 6.07) is 22.6. The summed E-state index contributed by atoms with van der Waals surface area (Å²) >= 11 is 0.903. The summed E-state index contributed by atoms with van der Waals surface area (Å²) in [6.07, 6.45) is -6.70. The fourth-order valence-electron chi connectivity index (χ4n) is 6.03. The van der Waals surface area contributed by atoms with Crippen LogP contribution in [0.3, 0.4) is 0 Å². The van der Waals surface area contributed by atoms with Crippen molar-refractivity contribution < 1.29 is 56.8 Å². The van der Waals surface area contributed by atoms with Crippen LogP contribution in [0.5, 0.6) is 0 Å². The lowest BCUT2D eigenvalue weighted by molar-refractivity contribution is -0.220. The summed E-state index contributed by atoms with van der Waals surface area (Å²) < 4.78 is 42.2. The van der Waals surface area contributed by atoms with Gasteiger partial charge in [-0.25, -0.2) is 9.18 Å². The summed E-state index contributed by atoms with van der Waals surface area (Å²) in [6.45, 7) is 3.20. The van der Waals surface area contributed by atoms with Gasteiger partial charge in [0.2, 0.25) is 10.8 Å². The molecule has 4 rings (SSSR count). The van der Waals surface area contributed by atoms with E-state index in [0.717, 1.165) is 56.3 Å². The van der Waals surface area contributed by atoms with E-state index >= 15 is 0 Å². The Morgan fingerprint density at radius 2 is 1.48 bits per heavy atom. The van der Waals surface area contributed by atoms with Crippen LogP contribution in [0.1, 0.15) is 38.3 Å². The molecule has 2 N–H and O–H groups in total. The number of amides is 2. The number of esters is 4. The minimum atomic E-state index is -2.01. The molecule has 0 aliphatic carbocycles. The first-order valence-electron chi connectivity index (χ1n) is 17.0. The van der Waals surface area contributed by atoms with Gasteiger partial charge in [0.15, 0.2) is 18.9 Å². The fourth-order valence-corrected chi connectivity index (χ4v) is 7.25. The number of thioether (sulfide) groups is 1. The summed E-state index contributed by atoms with van der Waals surface area (Å²) in [5, 5.41) is 5.11. The zero-order chi connectivity index (χ0) is 39.4. The fraction of sp³-hybridized carbons (Fsp3) is 0.385. The quantitative estimate of drug-likeness (QED) is 0.168. The predicted octanol–water partition coefficient (Wildman–Crippen LogP) is 4.02. The second-order valence-electron chi connectivity index (χ2n) is 12.6. The van der Waals surface area contributed by atoms with Crippen molar-refractivity contribution in [3.05, 3.63) is 90.0 Å². The Balaban J connectivity index is 1.71. The van der Waals surface area contributed by atoms with Crippen LogP contribution < -0.4 is 10.6 Å². The maximum atomic E-state index is 13.7. The van der Waals surface area contributed by atoms with Gasteiger partial charge in [-0.3, -0.25) is 24.0 Å². The van der Waals surface area contributed by atoms with Crippen LogP contribution in [0, 0.1) is 6.92 Å². The number of nitrogens with one attached hydrogen (secondary N) is 2. The van der Waals surface area contributed by atoms with E-state index in [1.807, 2.05) is 49.4 Å². The minimum Gasteiger partial charge on any atom is -0.466 e. The third kappa shape index (κ3) is 11.4. The Morgan fingerprint density at radius 1 is 0.852 bits per heavy atom. The molecule has 13 nitrogen and oxygen atoms in total. The van der Waals surface area contributed by atoms with E-state index in [0.29, 0.717) is 10.5 Å². The molecule has 3 aromatic carbocycles.